The predicted octanol–water partition coefficient (Wildman–Crippen LogP) is 1.32. The van der Waals surface area contributed by atoms with Crippen molar-refractivity contribution >= 4 is 5.91 Å². The molecule has 15 heavy (non-hydrogen) atoms. The van der Waals surface area contributed by atoms with Crippen LogP contribution in [-0.4, -0.2) is 36.1 Å². The Labute approximate surface area is 90.8 Å². The summed E-state index contributed by atoms with van der Waals surface area (Å²) in [5, 5.41) is 8.58. The summed E-state index contributed by atoms with van der Waals surface area (Å²) >= 11 is 0. The molecule has 1 saturated heterocycles. The molecular formula is C11H18N2O2. The maximum absolute atomic E-state index is 12.1. The predicted molar refractivity (Wildman–Crippen MR) is 56.1 cm³/mol. The molecule has 1 aliphatic heterocycles. The van der Waals surface area contributed by atoms with Crippen LogP contribution in [-0.2, 0) is 9.53 Å². The van der Waals surface area contributed by atoms with Crippen molar-refractivity contribution in [3.63, 3.8) is 0 Å². The molecule has 4 nitrogen and oxygen atoms in total. The van der Waals surface area contributed by atoms with E-state index in [-0.39, 0.29) is 11.9 Å². The quantitative estimate of drug-likeness (QED) is 0.705. The van der Waals surface area contributed by atoms with Gasteiger partial charge in [0.25, 0.3) is 5.91 Å². The largest absolute Gasteiger partial charge is 0.365 e. The summed E-state index contributed by atoms with van der Waals surface area (Å²) in [5.41, 5.74) is -0.668. The van der Waals surface area contributed by atoms with E-state index in [9.17, 15) is 4.79 Å². The van der Waals surface area contributed by atoms with Crippen LogP contribution in [0.2, 0.25) is 0 Å². The number of nitriles is 1. The van der Waals surface area contributed by atoms with E-state index in [4.69, 9.17) is 10.00 Å². The Morgan fingerprint density at radius 3 is 2.87 bits per heavy atom. The first-order chi connectivity index (χ1) is 7.01. The van der Waals surface area contributed by atoms with Crippen LogP contribution in [0.4, 0.5) is 0 Å². The second-order valence-electron chi connectivity index (χ2n) is 4.31. The highest BCUT2D eigenvalue weighted by Crippen LogP contribution is 2.27. The molecule has 0 aromatic rings. The fraction of sp³-hybridized carbons (Fsp3) is 0.818. The summed E-state index contributed by atoms with van der Waals surface area (Å²) in [5.74, 6) is -0.0113. The summed E-state index contributed by atoms with van der Waals surface area (Å²) in [6, 6.07) is 2.02. The number of carbonyl (C=O) groups excluding carboxylic acids is 1. The van der Waals surface area contributed by atoms with Crippen molar-refractivity contribution in [2.45, 2.75) is 44.8 Å². The van der Waals surface area contributed by atoms with Crippen LogP contribution in [0.1, 0.15) is 33.1 Å². The van der Waals surface area contributed by atoms with Gasteiger partial charge in [-0.25, -0.2) is 0 Å². The van der Waals surface area contributed by atoms with Crippen LogP contribution in [0, 0.1) is 11.3 Å². The van der Waals surface area contributed by atoms with Gasteiger partial charge in [0.1, 0.15) is 5.60 Å². The molecule has 1 fully saturated rings. The van der Waals surface area contributed by atoms with Crippen LogP contribution >= 0.6 is 0 Å². The minimum atomic E-state index is -0.668. The van der Waals surface area contributed by atoms with Crippen molar-refractivity contribution < 1.29 is 9.53 Å². The zero-order valence-corrected chi connectivity index (χ0v) is 9.62. The molecule has 84 valence electrons. The molecule has 0 N–H and O–H groups in total. The molecule has 4 heteroatoms. The average Bonchev–Trinajstić information content (AvgIpc) is 2.64. The van der Waals surface area contributed by atoms with E-state index < -0.39 is 5.60 Å². The Bertz CT molecular complexity index is 277. The van der Waals surface area contributed by atoms with Crippen LogP contribution in [0.15, 0.2) is 0 Å². The lowest BCUT2D eigenvalue weighted by molar-refractivity contribution is -0.151. The van der Waals surface area contributed by atoms with Gasteiger partial charge in [-0.15, -0.1) is 0 Å². The van der Waals surface area contributed by atoms with Crippen LogP contribution < -0.4 is 0 Å². The Balaban J connectivity index is 2.63. The first-order valence-electron chi connectivity index (χ1n) is 5.29. The second kappa shape index (κ2) is 4.63. The summed E-state index contributed by atoms with van der Waals surface area (Å²) in [7, 11) is 1.73. The molecular weight excluding hydrogens is 192 g/mol. The first kappa shape index (κ1) is 12.0. The lowest BCUT2D eigenvalue weighted by atomic mass is 10.00. The fourth-order valence-corrected chi connectivity index (χ4v) is 1.79. The molecule has 0 spiro atoms. The smallest absolute Gasteiger partial charge is 0.254 e. The zero-order valence-electron chi connectivity index (χ0n) is 9.62. The van der Waals surface area contributed by atoms with Crippen LogP contribution in [0.25, 0.3) is 0 Å². The molecule has 0 radical (unpaired) electrons. The highest BCUT2D eigenvalue weighted by molar-refractivity contribution is 5.85. The van der Waals surface area contributed by atoms with Gasteiger partial charge in [0.05, 0.1) is 12.5 Å². The van der Waals surface area contributed by atoms with Gasteiger partial charge in [0, 0.05) is 19.7 Å². The Kier molecular flexibility index (Phi) is 3.70. The highest BCUT2D eigenvalue weighted by atomic mass is 16.5. The van der Waals surface area contributed by atoms with Crippen molar-refractivity contribution in [2.75, 3.05) is 13.7 Å². The average molecular weight is 210 g/mol. The Morgan fingerprint density at radius 1 is 1.73 bits per heavy atom. The third kappa shape index (κ3) is 2.48. The van der Waals surface area contributed by atoms with Crippen molar-refractivity contribution in [2.24, 2.45) is 0 Å². The molecule has 1 heterocycles. The Morgan fingerprint density at radius 2 is 2.40 bits per heavy atom. The molecule has 1 amide bonds. The van der Waals surface area contributed by atoms with Gasteiger partial charge in [0.15, 0.2) is 0 Å². The van der Waals surface area contributed by atoms with Gasteiger partial charge >= 0.3 is 0 Å². The van der Waals surface area contributed by atoms with Gasteiger partial charge in [-0.05, 0) is 26.7 Å². The SMILES string of the molecule is CC(CC#N)N(C)C(=O)C1(C)CCCO1. The molecule has 2 unspecified atom stereocenters. The molecule has 0 aromatic heterocycles. The molecule has 0 saturated carbocycles. The van der Waals surface area contributed by atoms with E-state index in [1.807, 2.05) is 13.8 Å². The number of carbonyl (C=O) groups is 1. The van der Waals surface area contributed by atoms with E-state index in [2.05, 4.69) is 6.07 Å². The number of rotatable bonds is 3. The second-order valence-corrected chi connectivity index (χ2v) is 4.31. The Hall–Kier alpha value is -1.08. The van der Waals surface area contributed by atoms with Gasteiger partial charge in [-0.3, -0.25) is 4.79 Å². The van der Waals surface area contributed by atoms with E-state index >= 15 is 0 Å². The third-order valence-electron chi connectivity index (χ3n) is 3.04. The van der Waals surface area contributed by atoms with E-state index in [0.29, 0.717) is 13.0 Å². The summed E-state index contributed by atoms with van der Waals surface area (Å²) in [6.45, 7) is 4.36. The van der Waals surface area contributed by atoms with Gasteiger partial charge < -0.3 is 9.64 Å². The summed E-state index contributed by atoms with van der Waals surface area (Å²) in [4.78, 5) is 13.7. The lowest BCUT2D eigenvalue weighted by Crippen LogP contribution is -2.48. The number of nitrogens with zero attached hydrogens (tertiary/aromatic N) is 2. The van der Waals surface area contributed by atoms with E-state index in [1.54, 1.807) is 11.9 Å². The number of hydrogen-bond acceptors (Lipinski definition) is 3. The molecule has 2 atom stereocenters. The van der Waals surface area contributed by atoms with Gasteiger partial charge in [-0.2, -0.15) is 5.26 Å². The molecule has 0 aromatic carbocycles. The van der Waals surface area contributed by atoms with Gasteiger partial charge in [-0.1, -0.05) is 0 Å². The van der Waals surface area contributed by atoms with Crippen LogP contribution in [0.3, 0.4) is 0 Å². The number of hydrogen-bond donors (Lipinski definition) is 0. The fourth-order valence-electron chi connectivity index (χ4n) is 1.79. The summed E-state index contributed by atoms with van der Waals surface area (Å²) < 4.78 is 5.48. The normalized spacial score (nSPS) is 27.1. The molecule has 1 rings (SSSR count). The topological polar surface area (TPSA) is 53.3 Å². The monoisotopic (exact) mass is 210 g/mol. The number of likely N-dealkylation sites (N-methyl/N-ethyl adjacent to an activating group) is 1. The zero-order chi connectivity index (χ0) is 11.5. The first-order valence-corrected chi connectivity index (χ1v) is 5.29. The third-order valence-corrected chi connectivity index (χ3v) is 3.04. The number of amides is 1. The van der Waals surface area contributed by atoms with E-state index in [1.165, 1.54) is 0 Å². The lowest BCUT2D eigenvalue weighted by Gasteiger charge is -2.31. The molecule has 1 aliphatic rings. The van der Waals surface area contributed by atoms with Crippen molar-refractivity contribution in [1.82, 2.24) is 4.90 Å². The highest BCUT2D eigenvalue weighted by Gasteiger charge is 2.40. The van der Waals surface area contributed by atoms with Crippen molar-refractivity contribution in [3.05, 3.63) is 0 Å². The van der Waals surface area contributed by atoms with Crippen LogP contribution in [0.5, 0.6) is 0 Å². The molecule has 0 aliphatic carbocycles. The maximum atomic E-state index is 12.1. The standard InChI is InChI=1S/C11H18N2O2/c1-9(5-7-12)13(3)10(14)11(2)6-4-8-15-11/h9H,4-6,8H2,1-3H3. The minimum Gasteiger partial charge on any atom is -0.365 e. The molecule has 0 bridgehead atoms. The minimum absolute atomic E-state index is 0.0113. The van der Waals surface area contributed by atoms with Gasteiger partial charge in [0.2, 0.25) is 0 Å². The summed E-state index contributed by atoms with van der Waals surface area (Å²) in [6.07, 6.45) is 2.07. The van der Waals surface area contributed by atoms with E-state index in [0.717, 1.165) is 12.8 Å². The van der Waals surface area contributed by atoms with Crippen molar-refractivity contribution in [3.8, 4) is 6.07 Å². The maximum Gasteiger partial charge on any atom is 0.254 e. The van der Waals surface area contributed by atoms with Crippen molar-refractivity contribution in [1.29, 1.82) is 5.26 Å². The number of ether oxygens (including phenoxy) is 1.